The van der Waals surface area contributed by atoms with Gasteiger partial charge in [0.05, 0.1) is 11.5 Å². The van der Waals surface area contributed by atoms with Crippen LogP contribution in [-0.4, -0.2) is 63.7 Å². The molecule has 1 aliphatic rings. The molecule has 27 heavy (non-hydrogen) atoms. The van der Waals surface area contributed by atoms with Gasteiger partial charge in [0.15, 0.2) is 0 Å². The quantitative estimate of drug-likeness (QED) is 0.637. The minimum atomic E-state index is -3.72. The molecule has 2 rings (SSSR count). The van der Waals surface area contributed by atoms with Crippen molar-refractivity contribution in [1.29, 1.82) is 0 Å². The van der Waals surface area contributed by atoms with E-state index in [4.69, 9.17) is 9.84 Å². The third-order valence-electron chi connectivity index (χ3n) is 4.71. The number of methoxy groups -OCH3 is 1. The van der Waals surface area contributed by atoms with Crippen LogP contribution in [0.15, 0.2) is 23.1 Å². The molecule has 0 bridgehead atoms. The Morgan fingerprint density at radius 2 is 1.96 bits per heavy atom. The second-order valence-electron chi connectivity index (χ2n) is 6.70. The molecule has 1 amide bonds. The highest BCUT2D eigenvalue weighted by Crippen LogP contribution is 2.24. The molecule has 1 aromatic carbocycles. The summed E-state index contributed by atoms with van der Waals surface area (Å²) in [5, 5.41) is 8.89. The summed E-state index contributed by atoms with van der Waals surface area (Å²) < 4.78 is 32.0. The van der Waals surface area contributed by atoms with Crippen LogP contribution < -0.4 is 4.72 Å². The Kier molecular flexibility index (Phi) is 7.34. The highest BCUT2D eigenvalue weighted by molar-refractivity contribution is 7.89. The predicted octanol–water partition coefficient (Wildman–Crippen LogP) is 1.25. The molecule has 0 spiro atoms. The van der Waals surface area contributed by atoms with E-state index in [0.717, 1.165) is 0 Å². The molecule has 9 heteroatoms. The second-order valence-corrected chi connectivity index (χ2v) is 8.47. The molecule has 1 aromatic rings. The number of hydrogen-bond acceptors (Lipinski definition) is 5. The lowest BCUT2D eigenvalue weighted by molar-refractivity contribution is -0.138. The number of aliphatic carboxylic acids is 1. The Morgan fingerprint density at radius 1 is 1.30 bits per heavy atom. The van der Waals surface area contributed by atoms with Gasteiger partial charge in [-0.25, -0.2) is 13.1 Å². The lowest BCUT2D eigenvalue weighted by atomic mass is 9.93. The van der Waals surface area contributed by atoms with Crippen LogP contribution in [0, 0.1) is 12.8 Å². The molecule has 8 nitrogen and oxygen atoms in total. The van der Waals surface area contributed by atoms with Crippen molar-refractivity contribution in [1.82, 2.24) is 9.62 Å². The Hall–Kier alpha value is -1.97. The number of amides is 1. The van der Waals surface area contributed by atoms with Crippen LogP contribution in [0.2, 0.25) is 0 Å². The van der Waals surface area contributed by atoms with Crippen LogP contribution in [0.5, 0.6) is 0 Å². The lowest BCUT2D eigenvalue weighted by Gasteiger charge is -2.31. The standard InChI is InChI=1S/C18H26N2O6S/c1-13-3-4-15(27(24,25)19-7-10-26-2)12-16(13)18(23)20-8-5-14(6-9-20)11-17(21)22/h3-4,12,14,19H,5-11H2,1-2H3,(H,21,22). The van der Waals surface area contributed by atoms with Gasteiger partial charge >= 0.3 is 5.97 Å². The Labute approximate surface area is 159 Å². The van der Waals surface area contributed by atoms with E-state index in [2.05, 4.69) is 4.72 Å². The molecular formula is C18H26N2O6S. The maximum Gasteiger partial charge on any atom is 0.303 e. The number of nitrogens with one attached hydrogen (secondary N) is 1. The lowest BCUT2D eigenvalue weighted by Crippen LogP contribution is -2.39. The van der Waals surface area contributed by atoms with Gasteiger partial charge in [-0.2, -0.15) is 0 Å². The van der Waals surface area contributed by atoms with E-state index in [1.165, 1.54) is 19.2 Å². The number of sulfonamides is 1. The molecule has 1 heterocycles. The summed E-state index contributed by atoms with van der Waals surface area (Å²) in [6, 6.07) is 4.49. The van der Waals surface area contributed by atoms with Gasteiger partial charge in [0, 0.05) is 38.7 Å². The molecule has 2 N–H and O–H groups in total. The molecule has 1 fully saturated rings. The number of benzene rings is 1. The van der Waals surface area contributed by atoms with Gasteiger partial charge in [0.25, 0.3) is 5.91 Å². The SMILES string of the molecule is COCCNS(=O)(=O)c1ccc(C)c(C(=O)N2CCC(CC(=O)O)CC2)c1. The number of ether oxygens (including phenoxy) is 1. The van der Waals surface area contributed by atoms with Gasteiger partial charge in [-0.1, -0.05) is 6.07 Å². The van der Waals surface area contributed by atoms with Gasteiger partial charge in [-0.15, -0.1) is 0 Å². The number of hydrogen-bond donors (Lipinski definition) is 2. The second kappa shape index (κ2) is 9.29. The van der Waals surface area contributed by atoms with Crippen molar-refractivity contribution in [3.05, 3.63) is 29.3 Å². The third-order valence-corrected chi connectivity index (χ3v) is 6.17. The third kappa shape index (κ3) is 5.75. The molecule has 0 aromatic heterocycles. The predicted molar refractivity (Wildman–Crippen MR) is 99.1 cm³/mol. The summed E-state index contributed by atoms with van der Waals surface area (Å²) in [6.07, 6.45) is 1.38. The summed E-state index contributed by atoms with van der Waals surface area (Å²) in [5.74, 6) is -0.978. The van der Waals surface area contributed by atoms with Crippen LogP contribution in [0.3, 0.4) is 0 Å². The highest BCUT2D eigenvalue weighted by atomic mass is 32.2. The first-order valence-corrected chi connectivity index (χ1v) is 10.3. The maximum absolute atomic E-state index is 12.9. The molecule has 1 saturated heterocycles. The van der Waals surface area contributed by atoms with Crippen LogP contribution in [-0.2, 0) is 19.6 Å². The smallest absolute Gasteiger partial charge is 0.303 e. The number of carbonyl (C=O) groups is 2. The number of nitrogens with zero attached hydrogens (tertiary/aromatic N) is 1. The van der Waals surface area contributed by atoms with E-state index in [9.17, 15) is 18.0 Å². The van der Waals surface area contributed by atoms with Crippen LogP contribution in [0.1, 0.15) is 35.2 Å². The molecule has 0 radical (unpaired) electrons. The van der Waals surface area contributed by atoms with E-state index in [1.54, 1.807) is 17.9 Å². The van der Waals surface area contributed by atoms with E-state index in [1.807, 2.05) is 0 Å². The average molecular weight is 398 g/mol. The van der Waals surface area contributed by atoms with Crippen LogP contribution in [0.4, 0.5) is 0 Å². The van der Waals surface area contributed by atoms with Gasteiger partial charge < -0.3 is 14.7 Å². The normalized spacial score (nSPS) is 15.7. The number of carboxylic acid groups (broad SMARTS) is 1. The van der Waals surface area contributed by atoms with Crippen molar-refractivity contribution in [3.8, 4) is 0 Å². The van der Waals surface area contributed by atoms with Crippen molar-refractivity contribution in [3.63, 3.8) is 0 Å². The zero-order chi connectivity index (χ0) is 20.0. The molecule has 1 aliphatic heterocycles. The number of carboxylic acids is 1. The number of likely N-dealkylation sites (tertiary alicyclic amines) is 1. The Balaban J connectivity index is 2.12. The van der Waals surface area contributed by atoms with Crippen molar-refractivity contribution < 1.29 is 27.9 Å². The molecule has 0 atom stereocenters. The zero-order valence-electron chi connectivity index (χ0n) is 15.6. The zero-order valence-corrected chi connectivity index (χ0v) is 16.4. The minimum absolute atomic E-state index is 0.0355. The monoisotopic (exact) mass is 398 g/mol. The van der Waals surface area contributed by atoms with Crippen LogP contribution in [0.25, 0.3) is 0 Å². The first-order valence-electron chi connectivity index (χ1n) is 8.85. The fraction of sp³-hybridized carbons (Fsp3) is 0.556. The van der Waals surface area contributed by atoms with Gasteiger partial charge in [-0.3, -0.25) is 9.59 Å². The summed E-state index contributed by atoms with van der Waals surface area (Å²) in [6.45, 7) is 3.10. The number of carbonyl (C=O) groups excluding carboxylic acids is 1. The minimum Gasteiger partial charge on any atom is -0.481 e. The Morgan fingerprint density at radius 3 is 2.56 bits per heavy atom. The fourth-order valence-corrected chi connectivity index (χ4v) is 4.16. The van der Waals surface area contributed by atoms with E-state index in [0.29, 0.717) is 37.1 Å². The molecule has 150 valence electrons. The van der Waals surface area contributed by atoms with Gasteiger partial charge in [-0.05, 0) is 43.4 Å². The average Bonchev–Trinajstić information content (AvgIpc) is 2.61. The first kappa shape index (κ1) is 21.3. The van der Waals surface area contributed by atoms with Crippen molar-refractivity contribution >= 4 is 21.9 Å². The fourth-order valence-electron chi connectivity index (χ4n) is 3.12. The van der Waals surface area contributed by atoms with E-state index < -0.39 is 16.0 Å². The summed E-state index contributed by atoms with van der Waals surface area (Å²) in [5.41, 5.74) is 1.05. The number of aryl methyl sites for hydroxylation is 1. The van der Waals surface area contributed by atoms with Gasteiger partial charge in [0.2, 0.25) is 10.0 Å². The van der Waals surface area contributed by atoms with Crippen molar-refractivity contribution in [2.45, 2.75) is 31.1 Å². The first-order chi connectivity index (χ1) is 12.7. The Bertz CT molecular complexity index is 785. The number of piperidine rings is 1. The van der Waals surface area contributed by atoms with E-state index >= 15 is 0 Å². The summed E-state index contributed by atoms with van der Waals surface area (Å²) in [7, 11) is -2.24. The van der Waals surface area contributed by atoms with Gasteiger partial charge in [0.1, 0.15) is 0 Å². The van der Waals surface area contributed by atoms with E-state index in [-0.39, 0.29) is 36.3 Å². The number of rotatable bonds is 8. The maximum atomic E-state index is 12.9. The molecule has 0 unspecified atom stereocenters. The van der Waals surface area contributed by atoms with Crippen molar-refractivity contribution in [2.24, 2.45) is 5.92 Å². The largest absolute Gasteiger partial charge is 0.481 e. The molecular weight excluding hydrogens is 372 g/mol. The van der Waals surface area contributed by atoms with Crippen molar-refractivity contribution in [2.75, 3.05) is 33.4 Å². The summed E-state index contributed by atoms with van der Waals surface area (Å²) in [4.78, 5) is 25.4. The molecule has 0 aliphatic carbocycles. The summed E-state index contributed by atoms with van der Waals surface area (Å²) >= 11 is 0. The van der Waals surface area contributed by atoms with Crippen LogP contribution >= 0.6 is 0 Å². The topological polar surface area (TPSA) is 113 Å². The molecule has 0 saturated carbocycles. The highest BCUT2D eigenvalue weighted by Gasteiger charge is 2.26.